The van der Waals surface area contributed by atoms with Crippen molar-refractivity contribution in [2.75, 3.05) is 24.6 Å². The van der Waals surface area contributed by atoms with Gasteiger partial charge in [0.05, 0.1) is 0 Å². The van der Waals surface area contributed by atoms with Gasteiger partial charge in [0.2, 0.25) is 0 Å². The van der Waals surface area contributed by atoms with E-state index in [1.807, 2.05) is 11.8 Å². The average Bonchev–Trinajstić information content (AvgIpc) is 1.90. The molecular weight excluding hydrogens is 120 g/mol. The normalized spacial score (nSPS) is 30.4. The van der Waals surface area contributed by atoms with Crippen LogP contribution in [0.3, 0.4) is 0 Å². The Morgan fingerprint density at radius 3 is 3.00 bits per heavy atom. The van der Waals surface area contributed by atoms with Crippen LogP contribution < -0.4 is 11.1 Å². The molecule has 0 aromatic carbocycles. The molecule has 0 aromatic rings. The molecule has 3 heteroatoms. The number of hydrogen-bond donors (Lipinski definition) is 2. The summed E-state index contributed by atoms with van der Waals surface area (Å²) in [7, 11) is 0. The predicted octanol–water partition coefficient (Wildman–Crippen LogP) is -0.350. The number of hydrogen-bond acceptors (Lipinski definition) is 3. The molecule has 2 nitrogen and oxygen atoms in total. The van der Waals surface area contributed by atoms with E-state index in [1.54, 1.807) is 0 Å². The van der Waals surface area contributed by atoms with Gasteiger partial charge in [-0.3, -0.25) is 0 Å². The topological polar surface area (TPSA) is 38.0 Å². The minimum absolute atomic E-state index is 0.578. The Morgan fingerprint density at radius 2 is 2.62 bits per heavy atom. The summed E-state index contributed by atoms with van der Waals surface area (Å²) in [5, 5.41) is 3.32. The Labute approximate surface area is 54.2 Å². The van der Waals surface area contributed by atoms with Gasteiger partial charge in [-0.25, -0.2) is 0 Å². The highest BCUT2D eigenvalue weighted by molar-refractivity contribution is 7.99. The highest BCUT2D eigenvalue weighted by atomic mass is 32.2. The third-order valence-electron chi connectivity index (χ3n) is 1.28. The SMILES string of the molecule is NC[C@@H]1CSCCN1. The molecule has 0 aromatic heterocycles. The van der Waals surface area contributed by atoms with Crippen molar-refractivity contribution in [3.05, 3.63) is 0 Å². The number of rotatable bonds is 1. The van der Waals surface area contributed by atoms with Crippen molar-refractivity contribution in [3.8, 4) is 0 Å². The second kappa shape index (κ2) is 3.33. The quantitative estimate of drug-likeness (QED) is 0.512. The lowest BCUT2D eigenvalue weighted by molar-refractivity contribution is 0.574. The Bertz CT molecular complexity index is 61.4. The lowest BCUT2D eigenvalue weighted by Gasteiger charge is -2.20. The molecule has 0 radical (unpaired) electrons. The minimum Gasteiger partial charge on any atom is -0.329 e. The molecule has 1 aliphatic heterocycles. The number of nitrogens with two attached hydrogens (primary N) is 1. The number of thioether (sulfide) groups is 1. The maximum atomic E-state index is 5.43. The van der Waals surface area contributed by atoms with Crippen LogP contribution in [0, 0.1) is 0 Å². The van der Waals surface area contributed by atoms with Crippen LogP contribution in [0.2, 0.25) is 0 Å². The van der Waals surface area contributed by atoms with Gasteiger partial charge < -0.3 is 11.1 Å². The molecule has 1 atom stereocenters. The van der Waals surface area contributed by atoms with Crippen LogP contribution in [0.25, 0.3) is 0 Å². The summed E-state index contributed by atoms with van der Waals surface area (Å²) in [5.41, 5.74) is 5.43. The van der Waals surface area contributed by atoms with Crippen molar-refractivity contribution < 1.29 is 0 Å². The molecule has 0 saturated carbocycles. The van der Waals surface area contributed by atoms with Crippen LogP contribution in [0.1, 0.15) is 0 Å². The van der Waals surface area contributed by atoms with E-state index in [0.717, 1.165) is 13.1 Å². The largest absolute Gasteiger partial charge is 0.329 e. The summed E-state index contributed by atoms with van der Waals surface area (Å²) in [5.74, 6) is 2.44. The van der Waals surface area contributed by atoms with Gasteiger partial charge in [-0.1, -0.05) is 0 Å². The molecule has 1 fully saturated rings. The van der Waals surface area contributed by atoms with Crippen LogP contribution >= 0.6 is 11.8 Å². The van der Waals surface area contributed by atoms with Crippen molar-refractivity contribution in [2.24, 2.45) is 5.73 Å². The maximum Gasteiger partial charge on any atom is 0.0281 e. The van der Waals surface area contributed by atoms with Crippen LogP contribution in [-0.4, -0.2) is 30.6 Å². The van der Waals surface area contributed by atoms with E-state index in [2.05, 4.69) is 5.32 Å². The molecule has 3 N–H and O–H groups in total. The second-order valence-corrected chi connectivity index (χ2v) is 3.11. The van der Waals surface area contributed by atoms with E-state index < -0.39 is 0 Å². The summed E-state index contributed by atoms with van der Waals surface area (Å²) in [6.45, 7) is 1.92. The minimum atomic E-state index is 0.578. The summed E-state index contributed by atoms with van der Waals surface area (Å²) < 4.78 is 0. The third-order valence-corrected chi connectivity index (χ3v) is 2.41. The molecule has 48 valence electrons. The van der Waals surface area contributed by atoms with Gasteiger partial charge in [0.25, 0.3) is 0 Å². The van der Waals surface area contributed by atoms with Crippen molar-refractivity contribution in [1.29, 1.82) is 0 Å². The van der Waals surface area contributed by atoms with Gasteiger partial charge in [-0.2, -0.15) is 11.8 Å². The molecule has 1 rings (SSSR count). The Kier molecular flexibility index (Phi) is 2.66. The average molecular weight is 132 g/mol. The maximum absolute atomic E-state index is 5.43. The Balaban J connectivity index is 2.13. The van der Waals surface area contributed by atoms with Crippen LogP contribution in [0.4, 0.5) is 0 Å². The first-order valence-electron chi connectivity index (χ1n) is 2.94. The van der Waals surface area contributed by atoms with Crippen LogP contribution in [0.5, 0.6) is 0 Å². The molecule has 0 unspecified atom stereocenters. The van der Waals surface area contributed by atoms with Crippen molar-refractivity contribution in [2.45, 2.75) is 6.04 Å². The molecule has 8 heavy (non-hydrogen) atoms. The molecule has 0 aliphatic carbocycles. The molecule has 1 aliphatic rings. The first-order chi connectivity index (χ1) is 3.93. The second-order valence-electron chi connectivity index (χ2n) is 1.96. The van der Waals surface area contributed by atoms with Crippen molar-refractivity contribution in [1.82, 2.24) is 5.32 Å². The molecule has 0 spiro atoms. The lowest BCUT2D eigenvalue weighted by atomic mass is 10.3. The van der Waals surface area contributed by atoms with Gasteiger partial charge in [0.1, 0.15) is 0 Å². The first-order valence-corrected chi connectivity index (χ1v) is 4.10. The Morgan fingerprint density at radius 1 is 1.75 bits per heavy atom. The lowest BCUT2D eigenvalue weighted by Crippen LogP contribution is -2.42. The van der Waals surface area contributed by atoms with E-state index in [4.69, 9.17) is 5.73 Å². The van der Waals surface area contributed by atoms with Gasteiger partial charge >= 0.3 is 0 Å². The monoisotopic (exact) mass is 132 g/mol. The smallest absolute Gasteiger partial charge is 0.0281 e. The van der Waals surface area contributed by atoms with Crippen molar-refractivity contribution >= 4 is 11.8 Å². The van der Waals surface area contributed by atoms with E-state index in [1.165, 1.54) is 11.5 Å². The summed E-state index contributed by atoms with van der Waals surface area (Å²) in [6, 6.07) is 0.578. The van der Waals surface area contributed by atoms with Crippen LogP contribution in [-0.2, 0) is 0 Å². The molecule has 1 saturated heterocycles. The first kappa shape index (κ1) is 6.39. The zero-order valence-electron chi connectivity index (χ0n) is 4.89. The van der Waals surface area contributed by atoms with E-state index >= 15 is 0 Å². The highest BCUT2D eigenvalue weighted by Gasteiger charge is 2.08. The fourth-order valence-electron chi connectivity index (χ4n) is 0.771. The van der Waals surface area contributed by atoms with Crippen LogP contribution in [0.15, 0.2) is 0 Å². The van der Waals surface area contributed by atoms with Gasteiger partial charge in [0.15, 0.2) is 0 Å². The van der Waals surface area contributed by atoms with Gasteiger partial charge in [0, 0.05) is 30.6 Å². The standard InChI is InChI=1S/C5H12N2S/c6-3-5-4-8-2-1-7-5/h5,7H,1-4,6H2/t5-/m1/s1. The summed E-state index contributed by atoms with van der Waals surface area (Å²) in [6.07, 6.45) is 0. The number of nitrogens with one attached hydrogen (secondary N) is 1. The highest BCUT2D eigenvalue weighted by Crippen LogP contribution is 2.05. The van der Waals surface area contributed by atoms with E-state index in [0.29, 0.717) is 6.04 Å². The fraction of sp³-hybridized carbons (Fsp3) is 1.00. The van der Waals surface area contributed by atoms with E-state index in [9.17, 15) is 0 Å². The van der Waals surface area contributed by atoms with Crippen molar-refractivity contribution in [3.63, 3.8) is 0 Å². The third kappa shape index (κ3) is 1.65. The van der Waals surface area contributed by atoms with Gasteiger partial charge in [-0.15, -0.1) is 0 Å². The molecule has 0 bridgehead atoms. The van der Waals surface area contributed by atoms with Gasteiger partial charge in [-0.05, 0) is 0 Å². The van der Waals surface area contributed by atoms with E-state index in [-0.39, 0.29) is 0 Å². The molecule has 1 heterocycles. The fourth-order valence-corrected chi connectivity index (χ4v) is 1.74. The summed E-state index contributed by atoms with van der Waals surface area (Å²) >= 11 is 1.99. The Hall–Kier alpha value is 0.270. The molecule has 0 amide bonds. The zero-order chi connectivity index (χ0) is 5.82. The molecular formula is C5H12N2S. The summed E-state index contributed by atoms with van der Waals surface area (Å²) in [4.78, 5) is 0. The predicted molar refractivity (Wildman–Crippen MR) is 38.2 cm³/mol. The zero-order valence-corrected chi connectivity index (χ0v) is 5.71.